The molecular formula is C25H27N5OS2. The summed E-state index contributed by atoms with van der Waals surface area (Å²) >= 11 is 2.84. The number of nitrogens with one attached hydrogen (secondary N) is 2. The van der Waals surface area contributed by atoms with Gasteiger partial charge in [0.1, 0.15) is 14.7 Å². The lowest BCUT2D eigenvalue weighted by Gasteiger charge is -2.09. The average Bonchev–Trinajstić information content (AvgIpc) is 3.36. The molecule has 0 saturated heterocycles. The predicted octanol–water partition coefficient (Wildman–Crippen LogP) is 6.55. The van der Waals surface area contributed by atoms with E-state index in [1.54, 1.807) is 0 Å². The number of nitrogens with zero attached hydrogens (tertiary/aromatic N) is 3. The van der Waals surface area contributed by atoms with Gasteiger partial charge in [-0.2, -0.15) is 0 Å². The number of aromatic nitrogens is 3. The zero-order valence-electron chi connectivity index (χ0n) is 18.7. The molecule has 1 amide bonds. The van der Waals surface area contributed by atoms with Gasteiger partial charge in [-0.3, -0.25) is 10.1 Å². The first-order valence-corrected chi connectivity index (χ1v) is 13.3. The lowest BCUT2D eigenvalue weighted by Crippen LogP contribution is -2.13. The summed E-state index contributed by atoms with van der Waals surface area (Å²) in [6, 6.07) is 12.1. The Balaban J connectivity index is 1.46. The minimum absolute atomic E-state index is 0.164. The molecule has 33 heavy (non-hydrogen) atoms. The van der Waals surface area contributed by atoms with Crippen molar-refractivity contribution in [2.24, 2.45) is 0 Å². The Morgan fingerprint density at radius 1 is 1.06 bits per heavy atom. The monoisotopic (exact) mass is 477 g/mol. The molecule has 0 bridgehead atoms. The molecule has 0 fully saturated rings. The first-order chi connectivity index (χ1) is 16.2. The molecular weight excluding hydrogens is 450 g/mol. The van der Waals surface area contributed by atoms with E-state index in [9.17, 15) is 4.79 Å². The van der Waals surface area contributed by atoms with Crippen molar-refractivity contribution in [3.8, 4) is 10.6 Å². The highest BCUT2D eigenvalue weighted by atomic mass is 32.1. The first-order valence-electron chi connectivity index (χ1n) is 11.6. The van der Waals surface area contributed by atoms with Gasteiger partial charge in [0.05, 0.1) is 5.69 Å². The first kappa shape index (κ1) is 22.0. The van der Waals surface area contributed by atoms with Crippen molar-refractivity contribution < 1.29 is 4.79 Å². The molecule has 0 radical (unpaired) electrons. The van der Waals surface area contributed by atoms with E-state index in [1.807, 2.05) is 30.3 Å². The number of benzene rings is 1. The lowest BCUT2D eigenvalue weighted by molar-refractivity contribution is 0.103. The van der Waals surface area contributed by atoms with Crippen LogP contribution in [0, 0.1) is 0 Å². The maximum Gasteiger partial charge on any atom is 0.269 e. The summed E-state index contributed by atoms with van der Waals surface area (Å²) in [6.07, 6.45) is 7.88. The number of thiophene rings is 1. The Bertz CT molecular complexity index is 1260. The van der Waals surface area contributed by atoms with Crippen LogP contribution in [0.3, 0.4) is 0 Å². The second-order valence-electron chi connectivity index (χ2n) is 8.33. The Hall–Kier alpha value is -2.84. The van der Waals surface area contributed by atoms with E-state index in [0.717, 1.165) is 58.7 Å². The molecule has 0 saturated carbocycles. The normalized spacial score (nSPS) is 13.5. The number of carbonyl (C=O) groups is 1. The zero-order chi connectivity index (χ0) is 22.6. The summed E-state index contributed by atoms with van der Waals surface area (Å²) in [6.45, 7) is 3.00. The fraction of sp³-hybridized carbons (Fsp3) is 0.360. The summed E-state index contributed by atoms with van der Waals surface area (Å²) in [5.74, 6) is -0.164. The Kier molecular flexibility index (Phi) is 6.64. The van der Waals surface area contributed by atoms with Gasteiger partial charge < -0.3 is 5.32 Å². The van der Waals surface area contributed by atoms with Crippen molar-refractivity contribution in [1.82, 2.24) is 15.2 Å². The third-order valence-electron chi connectivity index (χ3n) is 5.92. The van der Waals surface area contributed by atoms with Crippen molar-refractivity contribution in [3.05, 3.63) is 52.5 Å². The molecule has 1 aliphatic carbocycles. The number of hydrogen-bond donors (Lipinski definition) is 2. The number of amides is 1. The number of aryl methyl sites for hydroxylation is 2. The van der Waals surface area contributed by atoms with Gasteiger partial charge in [-0.25, -0.2) is 4.98 Å². The van der Waals surface area contributed by atoms with Crippen LogP contribution in [0.25, 0.3) is 20.8 Å². The molecule has 3 heterocycles. The number of carbonyl (C=O) groups excluding carboxylic acids is 1. The summed E-state index contributed by atoms with van der Waals surface area (Å²) in [5, 5.41) is 17.3. The van der Waals surface area contributed by atoms with Crippen molar-refractivity contribution in [2.45, 2.75) is 51.9 Å². The van der Waals surface area contributed by atoms with Crippen LogP contribution in [0.4, 0.5) is 10.8 Å². The van der Waals surface area contributed by atoms with E-state index in [0.29, 0.717) is 10.0 Å². The van der Waals surface area contributed by atoms with Crippen molar-refractivity contribution in [3.63, 3.8) is 0 Å². The molecule has 0 aliphatic heterocycles. The van der Waals surface area contributed by atoms with Crippen LogP contribution >= 0.6 is 22.7 Å². The highest BCUT2D eigenvalue weighted by Crippen LogP contribution is 2.38. The molecule has 0 spiro atoms. The number of pyridine rings is 1. The molecule has 0 unspecified atom stereocenters. The quantitative estimate of drug-likeness (QED) is 0.233. The highest BCUT2D eigenvalue weighted by Gasteiger charge is 2.23. The van der Waals surface area contributed by atoms with E-state index < -0.39 is 0 Å². The van der Waals surface area contributed by atoms with Crippen molar-refractivity contribution >= 4 is 49.6 Å². The van der Waals surface area contributed by atoms with Gasteiger partial charge in [0, 0.05) is 23.2 Å². The number of fused-ring (bicyclic) bond motifs is 2. The van der Waals surface area contributed by atoms with E-state index in [2.05, 4.69) is 33.8 Å². The van der Waals surface area contributed by atoms with E-state index in [4.69, 9.17) is 4.98 Å². The van der Waals surface area contributed by atoms with Crippen LogP contribution in [0.15, 0.2) is 36.4 Å². The smallest absolute Gasteiger partial charge is 0.269 e. The average molecular weight is 478 g/mol. The highest BCUT2D eigenvalue weighted by molar-refractivity contribution is 7.21. The summed E-state index contributed by atoms with van der Waals surface area (Å²) < 4.78 is 0. The molecule has 5 rings (SSSR count). The topological polar surface area (TPSA) is 79.8 Å². The molecule has 1 aromatic carbocycles. The number of anilines is 2. The van der Waals surface area contributed by atoms with Crippen molar-refractivity contribution in [2.75, 3.05) is 17.2 Å². The standard InChI is InChI=1S/C25H27N5OS2/c1-2-3-14-26-20-18-15-17-12-8-5-9-13-19(17)27-24(18)32-21(20)22(31)28-25-30-29-23(33-25)16-10-6-4-7-11-16/h4,6-7,10-11,15,26H,2-3,5,8-9,12-14H2,1H3,(H,28,30,31). The van der Waals surface area contributed by atoms with Crippen molar-refractivity contribution in [1.29, 1.82) is 0 Å². The molecule has 170 valence electrons. The van der Waals surface area contributed by atoms with Crippen LogP contribution < -0.4 is 10.6 Å². The molecule has 2 N–H and O–H groups in total. The Morgan fingerprint density at radius 2 is 1.91 bits per heavy atom. The molecule has 8 heteroatoms. The van der Waals surface area contributed by atoms with Crippen LogP contribution in [-0.4, -0.2) is 27.6 Å². The minimum atomic E-state index is -0.164. The summed E-state index contributed by atoms with van der Waals surface area (Å²) in [7, 11) is 0. The van der Waals surface area contributed by atoms with E-state index in [-0.39, 0.29) is 5.91 Å². The van der Waals surface area contributed by atoms with Crippen LogP contribution in [0.1, 0.15) is 60.0 Å². The minimum Gasteiger partial charge on any atom is -0.383 e. The van der Waals surface area contributed by atoms with Crippen LogP contribution in [0.2, 0.25) is 0 Å². The van der Waals surface area contributed by atoms with E-state index >= 15 is 0 Å². The van der Waals surface area contributed by atoms with Gasteiger partial charge >= 0.3 is 0 Å². The third kappa shape index (κ3) is 4.77. The molecule has 4 aromatic rings. The number of hydrogen-bond acceptors (Lipinski definition) is 7. The Morgan fingerprint density at radius 3 is 2.76 bits per heavy atom. The molecule has 6 nitrogen and oxygen atoms in total. The molecule has 3 aromatic heterocycles. The number of rotatable bonds is 7. The fourth-order valence-electron chi connectivity index (χ4n) is 4.17. The maximum absolute atomic E-state index is 13.3. The van der Waals surface area contributed by atoms with Crippen LogP contribution in [-0.2, 0) is 12.8 Å². The largest absolute Gasteiger partial charge is 0.383 e. The van der Waals surface area contributed by atoms with Gasteiger partial charge in [-0.05, 0) is 43.7 Å². The summed E-state index contributed by atoms with van der Waals surface area (Å²) in [4.78, 5) is 19.9. The SMILES string of the molecule is CCCCNc1c(C(=O)Nc2nnc(-c3ccccc3)s2)sc2nc3c(cc12)CCCCC3. The van der Waals surface area contributed by atoms with Gasteiger partial charge in [-0.1, -0.05) is 61.4 Å². The fourth-order valence-corrected chi connectivity index (χ4v) is 5.96. The van der Waals surface area contributed by atoms with Gasteiger partial charge in [-0.15, -0.1) is 21.5 Å². The Labute approximate surface area is 201 Å². The molecule has 0 atom stereocenters. The summed E-state index contributed by atoms with van der Waals surface area (Å²) in [5.41, 5.74) is 4.42. The predicted molar refractivity (Wildman–Crippen MR) is 138 cm³/mol. The zero-order valence-corrected chi connectivity index (χ0v) is 20.3. The number of unbranched alkanes of at least 4 members (excludes halogenated alkanes) is 1. The maximum atomic E-state index is 13.3. The third-order valence-corrected chi connectivity index (χ3v) is 7.90. The van der Waals surface area contributed by atoms with Gasteiger partial charge in [0.15, 0.2) is 0 Å². The van der Waals surface area contributed by atoms with Gasteiger partial charge in [0.25, 0.3) is 5.91 Å². The van der Waals surface area contributed by atoms with E-state index in [1.165, 1.54) is 53.2 Å². The second kappa shape index (κ2) is 9.97. The second-order valence-corrected chi connectivity index (χ2v) is 10.3. The lowest BCUT2D eigenvalue weighted by atomic mass is 10.1. The molecule has 1 aliphatic rings. The van der Waals surface area contributed by atoms with Gasteiger partial charge in [0.2, 0.25) is 5.13 Å². The van der Waals surface area contributed by atoms with Crippen LogP contribution in [0.5, 0.6) is 0 Å².